The molecule has 7 heteroatoms. The van der Waals surface area contributed by atoms with Crippen molar-refractivity contribution in [2.45, 2.75) is 12.7 Å². The maximum atomic E-state index is 13.3. The topological polar surface area (TPSA) is 24.9 Å². The van der Waals surface area contributed by atoms with Crippen LogP contribution in [0, 0.1) is 11.6 Å². The Kier molecular flexibility index (Phi) is 3.87. The van der Waals surface area contributed by atoms with Crippen LogP contribution in [0.1, 0.15) is 11.1 Å². The Hall–Kier alpha value is -2.18. The number of halogens is 5. The third kappa shape index (κ3) is 3.43. The average Bonchev–Trinajstić information content (AvgIpc) is 2.37. The number of nitrogens with one attached hydrogen (secondary N) is 1. The first-order valence-corrected chi connectivity index (χ1v) is 5.57. The molecule has 1 aromatic heterocycles. The predicted molar refractivity (Wildman–Crippen MR) is 62.9 cm³/mol. The van der Waals surface area contributed by atoms with Gasteiger partial charge in [0, 0.05) is 24.4 Å². The van der Waals surface area contributed by atoms with Gasteiger partial charge in [-0.1, -0.05) is 6.07 Å². The Bertz CT molecular complexity index is 593. The summed E-state index contributed by atoms with van der Waals surface area (Å²) in [5, 5.41) is 2.66. The second kappa shape index (κ2) is 5.44. The van der Waals surface area contributed by atoms with Crippen LogP contribution in [0.2, 0.25) is 0 Å². The molecule has 1 N–H and O–H groups in total. The number of benzene rings is 1. The standard InChI is InChI=1S/C13H9F5N2/c14-10-3-1-8(11(15)5-10)6-19-12-4-2-9(7-20-12)13(16,17)18/h1-5,7H,6H2,(H,19,20). The molecular formula is C13H9F5N2. The van der Waals surface area contributed by atoms with Crippen LogP contribution in [0.4, 0.5) is 27.8 Å². The number of aromatic nitrogens is 1. The van der Waals surface area contributed by atoms with Crippen LogP contribution in [-0.4, -0.2) is 4.98 Å². The number of hydrogen-bond donors (Lipinski definition) is 1. The third-order valence-corrected chi connectivity index (χ3v) is 2.57. The Morgan fingerprint density at radius 3 is 2.35 bits per heavy atom. The quantitative estimate of drug-likeness (QED) is 0.864. The fourth-order valence-electron chi connectivity index (χ4n) is 1.52. The molecule has 0 saturated carbocycles. The van der Waals surface area contributed by atoms with Crippen molar-refractivity contribution in [3.63, 3.8) is 0 Å². The van der Waals surface area contributed by atoms with Crippen molar-refractivity contribution in [1.82, 2.24) is 4.98 Å². The molecule has 0 fully saturated rings. The SMILES string of the molecule is Fc1ccc(CNc2ccc(C(F)(F)F)cn2)c(F)c1. The maximum Gasteiger partial charge on any atom is 0.417 e. The van der Waals surface area contributed by atoms with E-state index in [1.165, 1.54) is 6.07 Å². The minimum Gasteiger partial charge on any atom is -0.366 e. The van der Waals surface area contributed by atoms with E-state index in [1.807, 2.05) is 0 Å². The van der Waals surface area contributed by atoms with Crippen molar-refractivity contribution in [3.05, 3.63) is 59.3 Å². The van der Waals surface area contributed by atoms with Crippen molar-refractivity contribution >= 4 is 5.82 Å². The van der Waals surface area contributed by atoms with Crippen LogP contribution in [-0.2, 0) is 12.7 Å². The van der Waals surface area contributed by atoms with Gasteiger partial charge in [0.05, 0.1) is 5.56 Å². The minimum atomic E-state index is -4.45. The van der Waals surface area contributed by atoms with Gasteiger partial charge in [0.25, 0.3) is 0 Å². The van der Waals surface area contributed by atoms with Gasteiger partial charge in [-0.3, -0.25) is 0 Å². The predicted octanol–water partition coefficient (Wildman–Crippen LogP) is 3.99. The maximum absolute atomic E-state index is 13.3. The normalized spacial score (nSPS) is 11.4. The fourth-order valence-corrected chi connectivity index (χ4v) is 1.52. The lowest BCUT2D eigenvalue weighted by molar-refractivity contribution is -0.137. The number of nitrogens with zero attached hydrogens (tertiary/aromatic N) is 1. The lowest BCUT2D eigenvalue weighted by atomic mass is 10.2. The summed E-state index contributed by atoms with van der Waals surface area (Å²) in [6.45, 7) is -0.00945. The number of rotatable bonds is 3. The molecule has 1 aromatic carbocycles. The molecule has 0 amide bonds. The Balaban J connectivity index is 2.04. The molecule has 0 spiro atoms. The van der Waals surface area contributed by atoms with Crippen molar-refractivity contribution in [2.24, 2.45) is 0 Å². The van der Waals surface area contributed by atoms with Gasteiger partial charge in [0.15, 0.2) is 0 Å². The molecule has 2 aromatic rings. The third-order valence-electron chi connectivity index (χ3n) is 2.57. The molecular weight excluding hydrogens is 279 g/mol. The Labute approximate surface area is 111 Å². The number of hydrogen-bond acceptors (Lipinski definition) is 2. The van der Waals surface area contributed by atoms with E-state index in [0.717, 1.165) is 24.3 Å². The summed E-state index contributed by atoms with van der Waals surface area (Å²) >= 11 is 0. The molecule has 0 radical (unpaired) electrons. The highest BCUT2D eigenvalue weighted by molar-refractivity contribution is 5.37. The first-order valence-electron chi connectivity index (χ1n) is 5.57. The molecule has 2 nitrogen and oxygen atoms in total. The molecule has 0 aliphatic carbocycles. The van der Waals surface area contributed by atoms with Crippen LogP contribution >= 0.6 is 0 Å². The van der Waals surface area contributed by atoms with Gasteiger partial charge in [-0.2, -0.15) is 13.2 Å². The van der Waals surface area contributed by atoms with Crippen molar-refractivity contribution in [1.29, 1.82) is 0 Å². The Morgan fingerprint density at radius 2 is 1.80 bits per heavy atom. The Morgan fingerprint density at radius 1 is 1.05 bits per heavy atom. The van der Waals surface area contributed by atoms with Crippen LogP contribution in [0.5, 0.6) is 0 Å². The highest BCUT2D eigenvalue weighted by Crippen LogP contribution is 2.28. The van der Waals surface area contributed by atoms with E-state index >= 15 is 0 Å². The van der Waals surface area contributed by atoms with Gasteiger partial charge in [0.1, 0.15) is 17.5 Å². The molecule has 2 rings (SSSR count). The molecule has 106 valence electrons. The highest BCUT2D eigenvalue weighted by Gasteiger charge is 2.30. The largest absolute Gasteiger partial charge is 0.417 e. The van der Waals surface area contributed by atoms with Gasteiger partial charge in [-0.15, -0.1) is 0 Å². The van der Waals surface area contributed by atoms with E-state index in [9.17, 15) is 22.0 Å². The zero-order chi connectivity index (χ0) is 14.8. The van der Waals surface area contributed by atoms with Crippen LogP contribution in [0.3, 0.4) is 0 Å². The minimum absolute atomic E-state index is 0.00945. The lowest BCUT2D eigenvalue weighted by Gasteiger charge is -2.09. The molecule has 20 heavy (non-hydrogen) atoms. The first-order chi connectivity index (χ1) is 9.36. The summed E-state index contributed by atoms with van der Waals surface area (Å²) < 4.78 is 63.0. The zero-order valence-corrected chi connectivity index (χ0v) is 10.0. The van der Waals surface area contributed by atoms with E-state index in [2.05, 4.69) is 10.3 Å². The second-order valence-corrected chi connectivity index (χ2v) is 4.02. The number of pyridine rings is 1. The first kappa shape index (κ1) is 14.2. The number of alkyl halides is 3. The van der Waals surface area contributed by atoms with Crippen molar-refractivity contribution in [2.75, 3.05) is 5.32 Å². The summed E-state index contributed by atoms with van der Waals surface area (Å²) in [5.74, 6) is -1.26. The molecule has 1 heterocycles. The summed E-state index contributed by atoms with van der Waals surface area (Å²) in [7, 11) is 0. The highest BCUT2D eigenvalue weighted by atomic mass is 19.4. The summed E-state index contributed by atoms with van der Waals surface area (Å²) in [5.41, 5.74) is -0.677. The van der Waals surface area contributed by atoms with Gasteiger partial charge >= 0.3 is 6.18 Å². The summed E-state index contributed by atoms with van der Waals surface area (Å²) in [4.78, 5) is 3.58. The van der Waals surface area contributed by atoms with Gasteiger partial charge in [-0.25, -0.2) is 13.8 Å². The summed E-state index contributed by atoms with van der Waals surface area (Å²) in [6, 6.07) is 5.10. The molecule has 0 aliphatic heterocycles. The molecule has 0 saturated heterocycles. The van der Waals surface area contributed by atoms with Crippen LogP contribution in [0.25, 0.3) is 0 Å². The van der Waals surface area contributed by atoms with E-state index in [1.54, 1.807) is 0 Å². The van der Waals surface area contributed by atoms with E-state index < -0.39 is 23.4 Å². The van der Waals surface area contributed by atoms with E-state index in [4.69, 9.17) is 0 Å². The molecule has 0 atom stereocenters. The molecule has 0 aliphatic rings. The lowest BCUT2D eigenvalue weighted by Crippen LogP contribution is -2.07. The van der Waals surface area contributed by atoms with Crippen LogP contribution < -0.4 is 5.32 Å². The molecule has 0 bridgehead atoms. The second-order valence-electron chi connectivity index (χ2n) is 4.02. The van der Waals surface area contributed by atoms with Gasteiger partial charge in [-0.05, 0) is 18.2 Å². The fraction of sp³-hybridized carbons (Fsp3) is 0.154. The smallest absolute Gasteiger partial charge is 0.366 e. The van der Waals surface area contributed by atoms with E-state index in [-0.39, 0.29) is 17.9 Å². The van der Waals surface area contributed by atoms with Crippen LogP contribution in [0.15, 0.2) is 36.5 Å². The summed E-state index contributed by atoms with van der Waals surface area (Å²) in [6.07, 6.45) is -3.77. The van der Waals surface area contributed by atoms with Gasteiger partial charge in [0.2, 0.25) is 0 Å². The van der Waals surface area contributed by atoms with Gasteiger partial charge < -0.3 is 5.32 Å². The number of anilines is 1. The zero-order valence-electron chi connectivity index (χ0n) is 10.0. The van der Waals surface area contributed by atoms with Crippen molar-refractivity contribution < 1.29 is 22.0 Å². The molecule has 0 unspecified atom stereocenters. The van der Waals surface area contributed by atoms with E-state index in [0.29, 0.717) is 6.20 Å². The average molecular weight is 288 g/mol. The monoisotopic (exact) mass is 288 g/mol. The van der Waals surface area contributed by atoms with Crippen molar-refractivity contribution in [3.8, 4) is 0 Å².